The summed E-state index contributed by atoms with van der Waals surface area (Å²) in [5, 5.41) is 11.5. The minimum atomic E-state index is -3.14. The maximum atomic E-state index is 11.4. The van der Waals surface area contributed by atoms with Crippen LogP contribution in [0.5, 0.6) is 0 Å². The van der Waals surface area contributed by atoms with E-state index >= 15 is 0 Å². The standard InChI is InChI=1S/C14H27N5O2S/c1-3-22(20,21)17-9-12(2)15-10-14-18-16-11-19(14)13-7-5-4-6-8-13/h11-13,15,17H,3-10H2,1-2H3. The SMILES string of the molecule is CCS(=O)(=O)NCC(C)NCc1nncn1C1CCCCC1. The molecular weight excluding hydrogens is 302 g/mol. The van der Waals surface area contributed by atoms with Crippen LogP contribution in [0.15, 0.2) is 6.33 Å². The predicted octanol–water partition coefficient (Wildman–Crippen LogP) is 1.20. The van der Waals surface area contributed by atoms with Gasteiger partial charge in [-0.2, -0.15) is 0 Å². The van der Waals surface area contributed by atoms with E-state index in [1.807, 2.05) is 13.3 Å². The summed E-state index contributed by atoms with van der Waals surface area (Å²) in [6.45, 7) is 4.58. The second-order valence-electron chi connectivity index (χ2n) is 5.98. The van der Waals surface area contributed by atoms with Crippen molar-refractivity contribution in [1.29, 1.82) is 0 Å². The average Bonchev–Trinajstić information content (AvgIpc) is 3.00. The lowest BCUT2D eigenvalue weighted by Gasteiger charge is -2.24. The van der Waals surface area contributed by atoms with Crippen LogP contribution in [0, 0.1) is 0 Å². The Balaban J connectivity index is 1.83. The van der Waals surface area contributed by atoms with E-state index in [9.17, 15) is 8.42 Å². The van der Waals surface area contributed by atoms with Crippen LogP contribution in [0.4, 0.5) is 0 Å². The third-order valence-electron chi connectivity index (χ3n) is 4.21. The van der Waals surface area contributed by atoms with E-state index in [0.29, 0.717) is 19.1 Å². The Hall–Kier alpha value is -0.990. The van der Waals surface area contributed by atoms with Crippen LogP contribution in [0.1, 0.15) is 57.8 Å². The summed E-state index contributed by atoms with van der Waals surface area (Å²) in [6.07, 6.45) is 8.06. The monoisotopic (exact) mass is 329 g/mol. The number of rotatable bonds is 8. The molecule has 1 unspecified atom stereocenters. The molecule has 126 valence electrons. The quantitative estimate of drug-likeness (QED) is 0.748. The fourth-order valence-electron chi connectivity index (χ4n) is 2.75. The van der Waals surface area contributed by atoms with E-state index in [4.69, 9.17) is 0 Å². The first kappa shape index (κ1) is 17.4. The smallest absolute Gasteiger partial charge is 0.211 e. The van der Waals surface area contributed by atoms with Gasteiger partial charge in [-0.25, -0.2) is 13.1 Å². The van der Waals surface area contributed by atoms with Gasteiger partial charge in [-0.15, -0.1) is 10.2 Å². The molecule has 1 fully saturated rings. The van der Waals surface area contributed by atoms with Crippen molar-refractivity contribution in [3.8, 4) is 0 Å². The van der Waals surface area contributed by atoms with E-state index < -0.39 is 10.0 Å². The van der Waals surface area contributed by atoms with Crippen LogP contribution in [-0.4, -0.2) is 41.5 Å². The van der Waals surface area contributed by atoms with Gasteiger partial charge >= 0.3 is 0 Å². The van der Waals surface area contributed by atoms with Gasteiger partial charge in [0.1, 0.15) is 12.2 Å². The van der Waals surface area contributed by atoms with Crippen molar-refractivity contribution in [2.24, 2.45) is 0 Å². The zero-order chi connectivity index (χ0) is 16.0. The van der Waals surface area contributed by atoms with Crippen molar-refractivity contribution in [2.45, 2.75) is 64.6 Å². The van der Waals surface area contributed by atoms with Gasteiger partial charge in [0.25, 0.3) is 0 Å². The minimum Gasteiger partial charge on any atom is -0.313 e. The second-order valence-corrected chi connectivity index (χ2v) is 8.08. The lowest BCUT2D eigenvalue weighted by atomic mass is 9.95. The van der Waals surface area contributed by atoms with E-state index in [0.717, 1.165) is 5.82 Å². The molecule has 1 atom stereocenters. The molecule has 0 saturated heterocycles. The molecule has 1 saturated carbocycles. The van der Waals surface area contributed by atoms with Crippen molar-refractivity contribution < 1.29 is 8.42 Å². The van der Waals surface area contributed by atoms with Gasteiger partial charge in [0.05, 0.1) is 12.3 Å². The predicted molar refractivity (Wildman–Crippen MR) is 85.9 cm³/mol. The Morgan fingerprint density at radius 2 is 2.09 bits per heavy atom. The molecular formula is C14H27N5O2S. The molecule has 0 aromatic carbocycles. The van der Waals surface area contributed by atoms with Crippen molar-refractivity contribution >= 4 is 10.0 Å². The highest BCUT2D eigenvalue weighted by molar-refractivity contribution is 7.89. The summed E-state index contributed by atoms with van der Waals surface area (Å²) in [5.74, 6) is 1.03. The summed E-state index contributed by atoms with van der Waals surface area (Å²) in [7, 11) is -3.14. The number of hydrogen-bond acceptors (Lipinski definition) is 5. The number of nitrogens with one attached hydrogen (secondary N) is 2. The molecule has 1 aromatic rings. The number of sulfonamides is 1. The van der Waals surface area contributed by atoms with Gasteiger partial charge < -0.3 is 9.88 Å². The lowest BCUT2D eigenvalue weighted by molar-refractivity contribution is 0.341. The van der Waals surface area contributed by atoms with Crippen molar-refractivity contribution in [3.63, 3.8) is 0 Å². The summed E-state index contributed by atoms with van der Waals surface area (Å²) < 4.78 is 27.6. The van der Waals surface area contributed by atoms with Crippen molar-refractivity contribution in [2.75, 3.05) is 12.3 Å². The topological polar surface area (TPSA) is 88.9 Å². The maximum Gasteiger partial charge on any atom is 0.211 e. The van der Waals surface area contributed by atoms with E-state index in [1.165, 1.54) is 32.1 Å². The molecule has 1 aliphatic carbocycles. The van der Waals surface area contributed by atoms with Crippen LogP contribution in [0.2, 0.25) is 0 Å². The van der Waals surface area contributed by atoms with Crippen LogP contribution in [0.3, 0.4) is 0 Å². The molecule has 0 bridgehead atoms. The average molecular weight is 329 g/mol. The first-order chi connectivity index (χ1) is 10.5. The summed E-state index contributed by atoms with van der Waals surface area (Å²) in [4.78, 5) is 0. The normalized spacial score (nSPS) is 18.5. The molecule has 0 amide bonds. The van der Waals surface area contributed by atoms with Crippen molar-refractivity contribution in [1.82, 2.24) is 24.8 Å². The number of hydrogen-bond donors (Lipinski definition) is 2. The molecule has 0 radical (unpaired) electrons. The van der Waals surface area contributed by atoms with Crippen LogP contribution in [-0.2, 0) is 16.6 Å². The molecule has 1 aromatic heterocycles. The second kappa shape index (κ2) is 8.03. The van der Waals surface area contributed by atoms with E-state index in [1.54, 1.807) is 6.92 Å². The first-order valence-corrected chi connectivity index (χ1v) is 9.76. The first-order valence-electron chi connectivity index (χ1n) is 8.11. The van der Waals surface area contributed by atoms with Gasteiger partial charge in [0.15, 0.2) is 0 Å². The Kier molecular flexibility index (Phi) is 6.34. The fraction of sp³-hybridized carbons (Fsp3) is 0.857. The molecule has 2 N–H and O–H groups in total. The number of aromatic nitrogens is 3. The Labute approximate surface area is 132 Å². The molecule has 2 rings (SSSR count). The van der Waals surface area contributed by atoms with Crippen molar-refractivity contribution in [3.05, 3.63) is 12.2 Å². The van der Waals surface area contributed by atoms with Crippen LogP contribution < -0.4 is 10.0 Å². The van der Waals surface area contributed by atoms with Crippen LogP contribution in [0.25, 0.3) is 0 Å². The number of nitrogens with zero attached hydrogens (tertiary/aromatic N) is 3. The zero-order valence-electron chi connectivity index (χ0n) is 13.5. The highest BCUT2D eigenvalue weighted by Crippen LogP contribution is 2.28. The van der Waals surface area contributed by atoms with Crippen LogP contribution >= 0.6 is 0 Å². The molecule has 1 aliphatic rings. The van der Waals surface area contributed by atoms with Gasteiger partial charge in [0.2, 0.25) is 10.0 Å². The third kappa shape index (κ3) is 5.03. The fourth-order valence-corrected chi connectivity index (χ4v) is 3.46. The minimum absolute atomic E-state index is 0.0397. The van der Waals surface area contributed by atoms with E-state index in [2.05, 4.69) is 24.8 Å². The summed E-state index contributed by atoms with van der Waals surface area (Å²) >= 11 is 0. The van der Waals surface area contributed by atoms with E-state index in [-0.39, 0.29) is 11.8 Å². The molecule has 7 nitrogen and oxygen atoms in total. The zero-order valence-corrected chi connectivity index (χ0v) is 14.3. The van der Waals surface area contributed by atoms with Gasteiger partial charge in [-0.1, -0.05) is 19.3 Å². The largest absolute Gasteiger partial charge is 0.313 e. The molecule has 8 heteroatoms. The summed E-state index contributed by atoms with van der Waals surface area (Å²) in [6, 6.07) is 0.548. The van der Waals surface area contributed by atoms with Gasteiger partial charge in [0, 0.05) is 18.6 Å². The third-order valence-corrected chi connectivity index (χ3v) is 5.58. The van der Waals surface area contributed by atoms with Gasteiger partial charge in [-0.3, -0.25) is 0 Å². The Morgan fingerprint density at radius 1 is 1.36 bits per heavy atom. The Morgan fingerprint density at radius 3 is 2.77 bits per heavy atom. The molecule has 22 heavy (non-hydrogen) atoms. The highest BCUT2D eigenvalue weighted by Gasteiger charge is 2.18. The molecule has 1 heterocycles. The molecule has 0 aliphatic heterocycles. The highest BCUT2D eigenvalue weighted by atomic mass is 32.2. The Bertz CT molecular complexity index is 551. The lowest BCUT2D eigenvalue weighted by Crippen LogP contribution is -2.39. The summed E-state index contributed by atoms with van der Waals surface area (Å²) in [5.41, 5.74) is 0. The van der Waals surface area contributed by atoms with Gasteiger partial charge in [-0.05, 0) is 26.7 Å². The molecule has 0 spiro atoms. The maximum absolute atomic E-state index is 11.4.